The minimum atomic E-state index is -3.85. The number of anilines is 2. The molecule has 4 rings (SSSR count). The monoisotopic (exact) mass is 428 g/mol. The number of amides is 2. The zero-order chi connectivity index (χ0) is 21.5. The molecule has 158 valence electrons. The van der Waals surface area contributed by atoms with E-state index in [4.69, 9.17) is 0 Å². The molecule has 1 N–H and O–H groups in total. The van der Waals surface area contributed by atoms with Crippen LogP contribution in [0.25, 0.3) is 0 Å². The Labute approximate surface area is 175 Å². The quantitative estimate of drug-likeness (QED) is 0.759. The molecule has 1 aromatic carbocycles. The number of hydrogen-bond donors (Lipinski definition) is 1. The molecule has 0 bridgehead atoms. The van der Waals surface area contributed by atoms with E-state index < -0.39 is 15.9 Å². The highest BCUT2D eigenvalue weighted by Gasteiger charge is 2.40. The highest BCUT2D eigenvalue weighted by molar-refractivity contribution is 7.89. The van der Waals surface area contributed by atoms with E-state index in [2.05, 4.69) is 10.3 Å². The Morgan fingerprint density at radius 3 is 2.70 bits per heavy atom. The standard InChI is InChI=1S/C21H24N4O4S/c1-14-10-16-11-18(7-8-19(16)25(14)21(27)15-5-6-15)30(28,29)24(2)13-20(26)23-17-4-3-9-22-12-17/h3-4,7-9,11-12,14-15H,5-6,10,13H2,1-2H3,(H,23,26)/t14-/m0/s1. The first-order valence-electron chi connectivity index (χ1n) is 9.89. The summed E-state index contributed by atoms with van der Waals surface area (Å²) in [4.78, 5) is 30.7. The highest BCUT2D eigenvalue weighted by Crippen LogP contribution is 2.39. The Morgan fingerprint density at radius 2 is 2.03 bits per heavy atom. The summed E-state index contributed by atoms with van der Waals surface area (Å²) in [5.41, 5.74) is 2.13. The highest BCUT2D eigenvalue weighted by atomic mass is 32.2. The van der Waals surface area contributed by atoms with E-state index >= 15 is 0 Å². The second kappa shape index (κ2) is 7.81. The third-order valence-corrected chi connectivity index (χ3v) is 7.25. The molecule has 0 saturated heterocycles. The minimum absolute atomic E-state index is 0.00837. The average molecular weight is 429 g/mol. The average Bonchev–Trinajstić information content (AvgIpc) is 3.50. The van der Waals surface area contributed by atoms with Crippen molar-refractivity contribution < 1.29 is 18.0 Å². The van der Waals surface area contributed by atoms with E-state index in [1.54, 1.807) is 35.4 Å². The smallest absolute Gasteiger partial charge is 0.243 e. The van der Waals surface area contributed by atoms with Crippen molar-refractivity contribution in [2.45, 2.75) is 37.1 Å². The molecular formula is C21H24N4O4S. The molecule has 1 fully saturated rings. The van der Waals surface area contributed by atoms with Crippen LogP contribution in [0.4, 0.5) is 11.4 Å². The maximum atomic E-state index is 13.0. The van der Waals surface area contributed by atoms with Gasteiger partial charge in [-0.25, -0.2) is 8.42 Å². The topological polar surface area (TPSA) is 99.7 Å². The van der Waals surface area contributed by atoms with E-state index in [1.165, 1.54) is 19.3 Å². The fraction of sp³-hybridized carbons (Fsp3) is 0.381. The fourth-order valence-electron chi connectivity index (χ4n) is 3.74. The number of benzene rings is 1. The molecule has 0 spiro atoms. The number of rotatable bonds is 6. The Hall–Kier alpha value is -2.78. The molecule has 1 aliphatic carbocycles. The number of likely N-dealkylation sites (N-methyl/N-ethyl adjacent to an activating group) is 1. The molecule has 2 aliphatic rings. The molecule has 1 aromatic heterocycles. The number of nitrogens with zero attached hydrogens (tertiary/aromatic N) is 3. The van der Waals surface area contributed by atoms with E-state index in [1.807, 2.05) is 6.92 Å². The molecule has 1 saturated carbocycles. The molecule has 0 radical (unpaired) electrons. The number of aromatic nitrogens is 1. The zero-order valence-corrected chi connectivity index (χ0v) is 17.7. The van der Waals surface area contributed by atoms with E-state index in [9.17, 15) is 18.0 Å². The molecule has 2 aromatic rings. The van der Waals surface area contributed by atoms with Crippen LogP contribution < -0.4 is 10.2 Å². The number of pyridine rings is 1. The van der Waals surface area contributed by atoms with Crippen molar-refractivity contribution in [3.05, 3.63) is 48.3 Å². The molecule has 2 amide bonds. The summed E-state index contributed by atoms with van der Waals surface area (Å²) in [6.07, 6.45) is 5.54. The van der Waals surface area contributed by atoms with Crippen LogP contribution in [0.15, 0.2) is 47.6 Å². The van der Waals surface area contributed by atoms with Crippen LogP contribution in [0.2, 0.25) is 0 Å². The Bertz CT molecular complexity index is 1080. The Kier molecular flexibility index (Phi) is 5.33. The van der Waals surface area contributed by atoms with Crippen LogP contribution >= 0.6 is 0 Å². The summed E-state index contributed by atoms with van der Waals surface area (Å²) in [7, 11) is -2.48. The number of nitrogens with one attached hydrogen (secondary N) is 1. The summed E-state index contributed by atoms with van der Waals surface area (Å²) < 4.78 is 27.0. The summed E-state index contributed by atoms with van der Waals surface area (Å²) in [5, 5.41) is 2.63. The third-order valence-electron chi connectivity index (χ3n) is 5.45. The number of sulfonamides is 1. The van der Waals surface area contributed by atoms with Crippen LogP contribution in [-0.4, -0.2) is 49.2 Å². The van der Waals surface area contributed by atoms with Crippen LogP contribution in [-0.2, 0) is 26.0 Å². The summed E-state index contributed by atoms with van der Waals surface area (Å²) in [6.45, 7) is 1.65. The molecule has 1 atom stereocenters. The lowest BCUT2D eigenvalue weighted by atomic mass is 10.1. The van der Waals surface area contributed by atoms with Gasteiger partial charge >= 0.3 is 0 Å². The maximum absolute atomic E-state index is 13.0. The molecule has 2 heterocycles. The lowest BCUT2D eigenvalue weighted by Gasteiger charge is -2.23. The van der Waals surface area contributed by atoms with Crippen LogP contribution in [0, 0.1) is 5.92 Å². The van der Waals surface area contributed by atoms with Gasteiger partial charge in [0, 0.05) is 30.9 Å². The predicted molar refractivity (Wildman–Crippen MR) is 113 cm³/mol. The number of hydrogen-bond acceptors (Lipinski definition) is 5. The number of carbonyl (C=O) groups is 2. The van der Waals surface area contributed by atoms with Crippen LogP contribution in [0.3, 0.4) is 0 Å². The van der Waals surface area contributed by atoms with E-state index in [-0.39, 0.29) is 29.3 Å². The SMILES string of the molecule is C[C@H]1Cc2cc(S(=O)(=O)N(C)CC(=O)Nc3cccnc3)ccc2N1C(=O)C1CC1. The van der Waals surface area contributed by atoms with Gasteiger partial charge in [-0.3, -0.25) is 14.6 Å². The van der Waals surface area contributed by atoms with Crippen molar-refractivity contribution >= 4 is 33.2 Å². The van der Waals surface area contributed by atoms with Crippen molar-refractivity contribution in [1.82, 2.24) is 9.29 Å². The normalized spacial score (nSPS) is 18.4. The van der Waals surface area contributed by atoms with E-state index in [0.29, 0.717) is 12.1 Å². The third kappa shape index (κ3) is 3.95. The van der Waals surface area contributed by atoms with Gasteiger partial charge in [0.05, 0.1) is 23.3 Å². The molecule has 8 nitrogen and oxygen atoms in total. The predicted octanol–water partition coefficient (Wildman–Crippen LogP) is 2.03. The second-order valence-electron chi connectivity index (χ2n) is 7.88. The molecule has 0 unspecified atom stereocenters. The summed E-state index contributed by atoms with van der Waals surface area (Å²) >= 11 is 0. The number of fused-ring (bicyclic) bond motifs is 1. The van der Waals surface area contributed by atoms with Gasteiger partial charge in [-0.05, 0) is 62.1 Å². The van der Waals surface area contributed by atoms with Gasteiger partial charge in [0.25, 0.3) is 0 Å². The van der Waals surface area contributed by atoms with Crippen molar-refractivity contribution in [3.63, 3.8) is 0 Å². The lowest BCUT2D eigenvalue weighted by molar-refractivity contribution is -0.120. The number of carbonyl (C=O) groups excluding carboxylic acids is 2. The zero-order valence-electron chi connectivity index (χ0n) is 16.9. The van der Waals surface area contributed by atoms with Gasteiger partial charge < -0.3 is 10.2 Å². The second-order valence-corrected chi connectivity index (χ2v) is 9.92. The first kappa shape index (κ1) is 20.5. The van der Waals surface area contributed by atoms with Crippen LogP contribution in [0.1, 0.15) is 25.3 Å². The Balaban J connectivity index is 1.49. The Morgan fingerprint density at radius 1 is 1.27 bits per heavy atom. The molecule has 9 heteroatoms. The van der Waals surface area contributed by atoms with Gasteiger partial charge in [-0.15, -0.1) is 0 Å². The van der Waals surface area contributed by atoms with Crippen molar-refractivity contribution in [2.24, 2.45) is 5.92 Å². The van der Waals surface area contributed by atoms with Gasteiger partial charge in [-0.1, -0.05) is 0 Å². The summed E-state index contributed by atoms with van der Waals surface area (Å²) in [5.74, 6) is -0.225. The fourth-order valence-corrected chi connectivity index (χ4v) is 4.91. The van der Waals surface area contributed by atoms with Gasteiger partial charge in [0.1, 0.15) is 0 Å². The minimum Gasteiger partial charge on any atom is -0.324 e. The van der Waals surface area contributed by atoms with Crippen molar-refractivity contribution in [3.8, 4) is 0 Å². The largest absolute Gasteiger partial charge is 0.324 e. The first-order valence-corrected chi connectivity index (χ1v) is 11.3. The van der Waals surface area contributed by atoms with Crippen molar-refractivity contribution in [1.29, 1.82) is 0 Å². The van der Waals surface area contributed by atoms with Gasteiger partial charge in [0.15, 0.2) is 0 Å². The van der Waals surface area contributed by atoms with Gasteiger partial charge in [-0.2, -0.15) is 4.31 Å². The molecule has 1 aliphatic heterocycles. The van der Waals surface area contributed by atoms with Gasteiger partial charge in [0.2, 0.25) is 21.8 Å². The molecule has 30 heavy (non-hydrogen) atoms. The summed E-state index contributed by atoms with van der Waals surface area (Å²) in [6, 6.07) is 8.20. The van der Waals surface area contributed by atoms with E-state index in [0.717, 1.165) is 28.4 Å². The maximum Gasteiger partial charge on any atom is 0.243 e. The van der Waals surface area contributed by atoms with Crippen molar-refractivity contribution in [2.75, 3.05) is 23.8 Å². The van der Waals surface area contributed by atoms with Crippen LogP contribution in [0.5, 0.6) is 0 Å². The first-order chi connectivity index (χ1) is 14.3. The lowest BCUT2D eigenvalue weighted by Crippen LogP contribution is -2.36. The molecular weight excluding hydrogens is 404 g/mol.